The molecule has 2 aromatic rings. The molecule has 1 N–H and O–H groups in total. The van der Waals surface area contributed by atoms with Crippen molar-refractivity contribution in [2.45, 2.75) is 38.8 Å². The molecule has 0 amide bonds. The van der Waals surface area contributed by atoms with E-state index in [0.29, 0.717) is 16.7 Å². The SMILES string of the molecule is CC(C)Oc1ccc2c(c1)c(=O)cc(C(=O)O)n2C1CC1. The van der Waals surface area contributed by atoms with Gasteiger partial charge in [0.25, 0.3) is 0 Å². The molecule has 1 saturated carbocycles. The smallest absolute Gasteiger partial charge is 0.352 e. The van der Waals surface area contributed by atoms with Crippen LogP contribution in [-0.2, 0) is 0 Å². The fourth-order valence-electron chi connectivity index (χ4n) is 2.56. The Morgan fingerprint density at radius 2 is 2.05 bits per heavy atom. The maximum atomic E-state index is 12.2. The van der Waals surface area contributed by atoms with Crippen LogP contribution in [0.4, 0.5) is 0 Å². The molecule has 1 heterocycles. The number of hydrogen-bond acceptors (Lipinski definition) is 3. The summed E-state index contributed by atoms with van der Waals surface area (Å²) in [4.78, 5) is 23.6. The summed E-state index contributed by atoms with van der Waals surface area (Å²) in [5.74, 6) is -0.441. The molecule has 21 heavy (non-hydrogen) atoms. The van der Waals surface area contributed by atoms with Crippen LogP contribution in [0.1, 0.15) is 43.2 Å². The van der Waals surface area contributed by atoms with Crippen molar-refractivity contribution in [2.75, 3.05) is 0 Å². The number of carbonyl (C=O) groups is 1. The number of carboxylic acids is 1. The molecule has 110 valence electrons. The van der Waals surface area contributed by atoms with E-state index in [0.717, 1.165) is 12.8 Å². The number of carboxylic acid groups (broad SMARTS) is 1. The third kappa shape index (κ3) is 2.51. The number of hydrogen-bond donors (Lipinski definition) is 1. The first kappa shape index (κ1) is 13.7. The maximum Gasteiger partial charge on any atom is 0.352 e. The summed E-state index contributed by atoms with van der Waals surface area (Å²) >= 11 is 0. The lowest BCUT2D eigenvalue weighted by Gasteiger charge is -2.15. The van der Waals surface area contributed by atoms with Crippen molar-refractivity contribution in [3.05, 3.63) is 40.2 Å². The quantitative estimate of drug-likeness (QED) is 0.938. The molecule has 1 aliphatic carbocycles. The molecule has 0 saturated heterocycles. The topological polar surface area (TPSA) is 68.5 Å². The highest BCUT2D eigenvalue weighted by molar-refractivity contribution is 5.91. The van der Waals surface area contributed by atoms with Gasteiger partial charge in [0.05, 0.1) is 11.6 Å². The second kappa shape index (κ2) is 4.91. The van der Waals surface area contributed by atoms with Crippen molar-refractivity contribution in [1.29, 1.82) is 0 Å². The van der Waals surface area contributed by atoms with E-state index >= 15 is 0 Å². The molecular formula is C16H17NO4. The zero-order valence-electron chi connectivity index (χ0n) is 12.0. The van der Waals surface area contributed by atoms with E-state index in [1.54, 1.807) is 22.8 Å². The Morgan fingerprint density at radius 3 is 2.62 bits per heavy atom. The van der Waals surface area contributed by atoms with Gasteiger partial charge in [0.1, 0.15) is 11.4 Å². The van der Waals surface area contributed by atoms with Crippen LogP contribution in [-0.4, -0.2) is 21.7 Å². The molecule has 0 atom stereocenters. The molecule has 1 aromatic heterocycles. The lowest BCUT2D eigenvalue weighted by molar-refractivity contribution is 0.0684. The van der Waals surface area contributed by atoms with Gasteiger partial charge in [-0.25, -0.2) is 4.79 Å². The third-order valence-corrected chi connectivity index (χ3v) is 3.52. The van der Waals surface area contributed by atoms with Gasteiger partial charge in [0.2, 0.25) is 0 Å². The van der Waals surface area contributed by atoms with Crippen molar-refractivity contribution in [1.82, 2.24) is 4.57 Å². The number of benzene rings is 1. The summed E-state index contributed by atoms with van der Waals surface area (Å²) < 4.78 is 7.37. The predicted octanol–water partition coefficient (Wildman–Crippen LogP) is 2.82. The summed E-state index contributed by atoms with van der Waals surface area (Å²) in [5.41, 5.74) is 0.444. The van der Waals surface area contributed by atoms with Crippen molar-refractivity contribution in [2.24, 2.45) is 0 Å². The van der Waals surface area contributed by atoms with Gasteiger partial charge in [0, 0.05) is 17.5 Å². The van der Waals surface area contributed by atoms with Crippen LogP contribution in [0.2, 0.25) is 0 Å². The second-order valence-electron chi connectivity index (χ2n) is 5.65. The average Bonchev–Trinajstić information content (AvgIpc) is 3.22. The predicted molar refractivity (Wildman–Crippen MR) is 79.2 cm³/mol. The first-order chi connectivity index (χ1) is 9.97. The Kier molecular flexibility index (Phi) is 3.20. The van der Waals surface area contributed by atoms with Gasteiger partial charge in [-0.3, -0.25) is 4.79 Å². The van der Waals surface area contributed by atoms with Crippen LogP contribution in [0.15, 0.2) is 29.1 Å². The van der Waals surface area contributed by atoms with Crippen molar-refractivity contribution >= 4 is 16.9 Å². The summed E-state index contributed by atoms with van der Waals surface area (Å²) in [7, 11) is 0. The van der Waals surface area contributed by atoms with Gasteiger partial charge in [0.15, 0.2) is 5.43 Å². The normalized spacial score (nSPS) is 14.6. The first-order valence-corrected chi connectivity index (χ1v) is 7.06. The number of rotatable bonds is 4. The third-order valence-electron chi connectivity index (χ3n) is 3.52. The molecule has 0 unspecified atom stereocenters. The molecule has 5 heteroatoms. The number of ether oxygens (including phenoxy) is 1. The second-order valence-corrected chi connectivity index (χ2v) is 5.65. The molecule has 1 aromatic carbocycles. The van der Waals surface area contributed by atoms with Gasteiger partial charge in [-0.15, -0.1) is 0 Å². The Balaban J connectivity index is 2.25. The van der Waals surface area contributed by atoms with Crippen molar-refractivity contribution in [3.63, 3.8) is 0 Å². The number of nitrogens with zero attached hydrogens (tertiary/aromatic N) is 1. The summed E-state index contributed by atoms with van der Waals surface area (Å²) in [6.45, 7) is 3.83. The van der Waals surface area contributed by atoms with Crippen molar-refractivity contribution in [3.8, 4) is 5.75 Å². The fraction of sp³-hybridized carbons (Fsp3) is 0.375. The molecule has 3 rings (SSSR count). The molecule has 5 nitrogen and oxygen atoms in total. The maximum absolute atomic E-state index is 12.2. The number of fused-ring (bicyclic) bond motifs is 1. The Labute approximate surface area is 121 Å². The summed E-state index contributed by atoms with van der Waals surface area (Å²) in [6, 6.07) is 6.64. The molecule has 0 spiro atoms. The Bertz CT molecular complexity index is 772. The average molecular weight is 287 g/mol. The van der Waals surface area contributed by atoms with Crippen LogP contribution in [0.25, 0.3) is 10.9 Å². The molecule has 1 aliphatic rings. The monoisotopic (exact) mass is 287 g/mol. The minimum atomic E-state index is -1.07. The summed E-state index contributed by atoms with van der Waals surface area (Å²) in [6.07, 6.45) is 1.91. The largest absolute Gasteiger partial charge is 0.491 e. The lowest BCUT2D eigenvalue weighted by Crippen LogP contribution is -2.17. The highest BCUT2D eigenvalue weighted by atomic mass is 16.5. The minimum Gasteiger partial charge on any atom is -0.491 e. The van der Waals surface area contributed by atoms with Crippen LogP contribution in [0.3, 0.4) is 0 Å². The highest BCUT2D eigenvalue weighted by Gasteiger charge is 2.29. The highest BCUT2D eigenvalue weighted by Crippen LogP contribution is 2.38. The molecule has 0 aliphatic heterocycles. The summed E-state index contributed by atoms with van der Waals surface area (Å²) in [5, 5.41) is 9.82. The first-order valence-electron chi connectivity index (χ1n) is 7.06. The molecule has 0 radical (unpaired) electrons. The number of aromatic carboxylic acids is 1. The minimum absolute atomic E-state index is 0.0198. The van der Waals surface area contributed by atoms with Crippen LogP contribution in [0.5, 0.6) is 5.75 Å². The zero-order valence-corrected chi connectivity index (χ0v) is 12.0. The van der Waals surface area contributed by atoms with E-state index in [4.69, 9.17) is 4.74 Å². The van der Waals surface area contributed by atoms with Gasteiger partial charge >= 0.3 is 5.97 Å². The van der Waals surface area contributed by atoms with Crippen LogP contribution >= 0.6 is 0 Å². The fourth-order valence-corrected chi connectivity index (χ4v) is 2.56. The van der Waals surface area contributed by atoms with E-state index in [9.17, 15) is 14.7 Å². The molecule has 0 bridgehead atoms. The van der Waals surface area contributed by atoms with Gasteiger partial charge in [-0.1, -0.05) is 0 Å². The standard InChI is InChI=1S/C16H17NO4/c1-9(2)21-11-5-6-13-12(7-11)15(18)8-14(16(19)20)17(13)10-3-4-10/h5-10H,3-4H2,1-2H3,(H,19,20). The molecular weight excluding hydrogens is 270 g/mol. The number of aromatic nitrogens is 1. The Hall–Kier alpha value is -2.30. The van der Waals surface area contributed by atoms with Crippen molar-refractivity contribution < 1.29 is 14.6 Å². The van der Waals surface area contributed by atoms with Gasteiger partial charge < -0.3 is 14.4 Å². The molecule has 1 fully saturated rings. The van der Waals surface area contributed by atoms with E-state index in [-0.39, 0.29) is 23.3 Å². The van der Waals surface area contributed by atoms with E-state index in [1.807, 2.05) is 13.8 Å². The zero-order chi connectivity index (χ0) is 15.1. The van der Waals surface area contributed by atoms with Crippen LogP contribution in [0, 0.1) is 0 Å². The number of pyridine rings is 1. The van der Waals surface area contributed by atoms with Gasteiger partial charge in [-0.2, -0.15) is 0 Å². The van der Waals surface area contributed by atoms with Gasteiger partial charge in [-0.05, 0) is 44.9 Å². The van der Waals surface area contributed by atoms with Crippen LogP contribution < -0.4 is 10.2 Å². The van der Waals surface area contributed by atoms with E-state index in [2.05, 4.69) is 0 Å². The van der Waals surface area contributed by atoms with E-state index < -0.39 is 5.97 Å². The Morgan fingerprint density at radius 1 is 1.33 bits per heavy atom. The lowest BCUT2D eigenvalue weighted by atomic mass is 10.1. The van der Waals surface area contributed by atoms with E-state index in [1.165, 1.54) is 6.07 Å².